The Hall–Kier alpha value is -2.57. The molecule has 1 aromatic rings. The zero-order valence-electron chi connectivity index (χ0n) is 11.9. The Morgan fingerprint density at radius 2 is 1.62 bits per heavy atom. The van der Waals surface area contributed by atoms with E-state index in [-0.39, 0.29) is 11.1 Å². The van der Waals surface area contributed by atoms with Crippen LogP contribution >= 0.6 is 0 Å². The predicted molar refractivity (Wildman–Crippen MR) is 73.1 cm³/mol. The van der Waals surface area contributed by atoms with Crippen molar-refractivity contribution in [2.75, 3.05) is 0 Å². The zero-order valence-corrected chi connectivity index (χ0v) is 11.9. The molecule has 7 heteroatoms. The second-order valence-corrected chi connectivity index (χ2v) is 5.34. The van der Waals surface area contributed by atoms with E-state index in [0.717, 1.165) is 0 Å². The van der Waals surface area contributed by atoms with Crippen LogP contribution in [0, 0.1) is 0 Å². The number of carbonyl (C=O) groups is 3. The molecule has 3 N–H and O–H groups in total. The van der Waals surface area contributed by atoms with Crippen molar-refractivity contribution in [3.63, 3.8) is 0 Å². The van der Waals surface area contributed by atoms with E-state index in [1.165, 1.54) is 24.3 Å². The molecule has 0 fully saturated rings. The standard InChI is InChI=1S/C14H17NO6/c1-14(2,3)21-13(20)15-10(12(18)19)8-4-6-9(7-5-8)11(16)17/h4-7,10H,1-3H3,(H,15,20)(H,16,17)(H,18,19)/t10-/m0/s1. The van der Waals surface area contributed by atoms with Gasteiger partial charge >= 0.3 is 18.0 Å². The molecule has 1 aromatic carbocycles. The Balaban J connectivity index is 2.89. The summed E-state index contributed by atoms with van der Waals surface area (Å²) in [5.41, 5.74) is -0.473. The van der Waals surface area contributed by atoms with Gasteiger partial charge in [-0.3, -0.25) is 0 Å². The fourth-order valence-electron chi connectivity index (χ4n) is 1.53. The molecule has 0 saturated heterocycles. The third kappa shape index (κ3) is 5.13. The van der Waals surface area contributed by atoms with Crippen LogP contribution in [0.4, 0.5) is 4.79 Å². The molecule has 0 bridgehead atoms. The van der Waals surface area contributed by atoms with E-state index in [1.807, 2.05) is 0 Å². The largest absolute Gasteiger partial charge is 0.479 e. The van der Waals surface area contributed by atoms with Crippen molar-refractivity contribution in [3.8, 4) is 0 Å². The van der Waals surface area contributed by atoms with Gasteiger partial charge < -0.3 is 20.3 Å². The lowest BCUT2D eigenvalue weighted by Gasteiger charge is -2.22. The van der Waals surface area contributed by atoms with E-state index in [9.17, 15) is 14.4 Å². The van der Waals surface area contributed by atoms with Gasteiger partial charge in [-0.05, 0) is 38.5 Å². The van der Waals surface area contributed by atoms with Crippen molar-refractivity contribution in [3.05, 3.63) is 35.4 Å². The lowest BCUT2D eigenvalue weighted by Crippen LogP contribution is -2.38. The number of carboxylic acids is 2. The van der Waals surface area contributed by atoms with Crippen LogP contribution in [0.2, 0.25) is 0 Å². The summed E-state index contributed by atoms with van der Waals surface area (Å²) in [6.45, 7) is 4.97. The molecular weight excluding hydrogens is 278 g/mol. The number of benzene rings is 1. The monoisotopic (exact) mass is 295 g/mol. The van der Waals surface area contributed by atoms with E-state index < -0.39 is 29.7 Å². The molecule has 1 atom stereocenters. The minimum absolute atomic E-state index is 0.0279. The summed E-state index contributed by atoms with van der Waals surface area (Å²) in [4.78, 5) is 33.6. The Morgan fingerprint density at radius 3 is 2.00 bits per heavy atom. The average Bonchev–Trinajstić information content (AvgIpc) is 2.33. The summed E-state index contributed by atoms with van der Waals surface area (Å²) in [6, 6.07) is 3.89. The number of hydrogen-bond acceptors (Lipinski definition) is 4. The van der Waals surface area contributed by atoms with Gasteiger partial charge in [0.1, 0.15) is 5.60 Å². The molecule has 0 aromatic heterocycles. The van der Waals surface area contributed by atoms with Gasteiger partial charge in [-0.25, -0.2) is 14.4 Å². The number of carbonyl (C=O) groups excluding carboxylic acids is 1. The quantitative estimate of drug-likeness (QED) is 0.783. The summed E-state index contributed by atoms with van der Waals surface area (Å²) < 4.78 is 4.99. The van der Waals surface area contributed by atoms with E-state index in [1.54, 1.807) is 20.8 Å². The fraction of sp³-hybridized carbons (Fsp3) is 0.357. The highest BCUT2D eigenvalue weighted by molar-refractivity contribution is 5.88. The second kappa shape index (κ2) is 6.25. The maximum Gasteiger partial charge on any atom is 0.408 e. The van der Waals surface area contributed by atoms with Crippen molar-refractivity contribution in [1.82, 2.24) is 5.32 Å². The molecule has 0 aliphatic rings. The topological polar surface area (TPSA) is 113 Å². The molecule has 0 heterocycles. The number of nitrogens with one attached hydrogen (secondary N) is 1. The van der Waals surface area contributed by atoms with Gasteiger partial charge in [0.2, 0.25) is 0 Å². The minimum Gasteiger partial charge on any atom is -0.479 e. The minimum atomic E-state index is -1.32. The van der Waals surface area contributed by atoms with Crippen LogP contribution in [-0.2, 0) is 9.53 Å². The molecule has 0 aliphatic heterocycles. The number of amides is 1. The first kappa shape index (κ1) is 16.5. The Morgan fingerprint density at radius 1 is 1.10 bits per heavy atom. The van der Waals surface area contributed by atoms with Crippen LogP contribution in [-0.4, -0.2) is 33.8 Å². The SMILES string of the molecule is CC(C)(C)OC(=O)N[C@H](C(=O)O)c1ccc(C(=O)O)cc1. The molecule has 21 heavy (non-hydrogen) atoms. The van der Waals surface area contributed by atoms with Crippen LogP contribution in [0.1, 0.15) is 42.7 Å². The lowest BCUT2D eigenvalue weighted by atomic mass is 10.1. The molecular formula is C14H17NO6. The first-order chi connectivity index (χ1) is 9.60. The highest BCUT2D eigenvalue weighted by Crippen LogP contribution is 2.16. The van der Waals surface area contributed by atoms with Gasteiger partial charge in [0.05, 0.1) is 5.56 Å². The van der Waals surface area contributed by atoms with Gasteiger partial charge in [0.25, 0.3) is 0 Å². The highest BCUT2D eigenvalue weighted by Gasteiger charge is 2.25. The molecule has 114 valence electrons. The number of aromatic carboxylic acids is 1. The number of carboxylic acid groups (broad SMARTS) is 2. The van der Waals surface area contributed by atoms with Crippen molar-refractivity contribution in [2.24, 2.45) is 0 Å². The maximum absolute atomic E-state index is 11.6. The summed E-state index contributed by atoms with van der Waals surface area (Å²) in [5, 5.41) is 20.2. The highest BCUT2D eigenvalue weighted by atomic mass is 16.6. The third-order valence-corrected chi connectivity index (χ3v) is 2.40. The predicted octanol–water partition coefficient (Wildman–Crippen LogP) is 2.04. The van der Waals surface area contributed by atoms with Crippen LogP contribution in [0.5, 0.6) is 0 Å². The first-order valence-corrected chi connectivity index (χ1v) is 6.16. The fourth-order valence-corrected chi connectivity index (χ4v) is 1.53. The summed E-state index contributed by atoms with van der Waals surface area (Å²) >= 11 is 0. The van der Waals surface area contributed by atoms with Crippen molar-refractivity contribution >= 4 is 18.0 Å². The van der Waals surface area contributed by atoms with Gasteiger partial charge in [-0.1, -0.05) is 12.1 Å². The molecule has 0 unspecified atom stereocenters. The third-order valence-electron chi connectivity index (χ3n) is 2.40. The second-order valence-electron chi connectivity index (χ2n) is 5.34. The smallest absolute Gasteiger partial charge is 0.408 e. The number of rotatable bonds is 4. The lowest BCUT2D eigenvalue weighted by molar-refractivity contribution is -0.139. The van der Waals surface area contributed by atoms with Gasteiger partial charge in [0.15, 0.2) is 6.04 Å². The molecule has 0 aliphatic carbocycles. The van der Waals surface area contributed by atoms with Crippen molar-refractivity contribution in [1.29, 1.82) is 0 Å². The first-order valence-electron chi connectivity index (χ1n) is 6.16. The van der Waals surface area contributed by atoms with E-state index in [2.05, 4.69) is 5.32 Å². The number of aliphatic carboxylic acids is 1. The van der Waals surface area contributed by atoms with E-state index >= 15 is 0 Å². The van der Waals surface area contributed by atoms with Crippen LogP contribution in [0.15, 0.2) is 24.3 Å². The van der Waals surface area contributed by atoms with Gasteiger partial charge in [-0.15, -0.1) is 0 Å². The molecule has 0 saturated carbocycles. The van der Waals surface area contributed by atoms with Crippen LogP contribution in [0.25, 0.3) is 0 Å². The normalized spacial score (nSPS) is 12.3. The molecule has 7 nitrogen and oxygen atoms in total. The van der Waals surface area contributed by atoms with Crippen LogP contribution in [0.3, 0.4) is 0 Å². The number of ether oxygens (including phenoxy) is 1. The number of alkyl carbamates (subject to hydrolysis) is 1. The van der Waals surface area contributed by atoms with Gasteiger partial charge in [0, 0.05) is 0 Å². The summed E-state index contributed by atoms with van der Waals surface area (Å²) in [5.74, 6) is -2.39. The molecule has 0 radical (unpaired) electrons. The molecule has 1 rings (SSSR count). The Bertz CT molecular complexity index is 544. The summed E-state index contributed by atoms with van der Waals surface area (Å²) in [7, 11) is 0. The van der Waals surface area contributed by atoms with Gasteiger partial charge in [-0.2, -0.15) is 0 Å². The average molecular weight is 295 g/mol. The van der Waals surface area contributed by atoms with Crippen molar-refractivity contribution < 1.29 is 29.3 Å². The Kier molecular flexibility index (Phi) is 4.91. The Labute approximate surface area is 121 Å². The summed E-state index contributed by atoms with van der Waals surface area (Å²) in [6.07, 6.45) is -0.864. The maximum atomic E-state index is 11.6. The zero-order chi connectivity index (χ0) is 16.2. The van der Waals surface area contributed by atoms with E-state index in [0.29, 0.717) is 0 Å². The molecule has 0 spiro atoms. The number of hydrogen-bond donors (Lipinski definition) is 3. The molecule has 1 amide bonds. The van der Waals surface area contributed by atoms with E-state index in [4.69, 9.17) is 14.9 Å². The van der Waals surface area contributed by atoms with Crippen LogP contribution < -0.4 is 5.32 Å². The van der Waals surface area contributed by atoms with Crippen molar-refractivity contribution in [2.45, 2.75) is 32.4 Å².